The Balaban J connectivity index is 2.27. The number of halogens is 1. The second-order valence-corrected chi connectivity index (χ2v) is 2.98. The number of hydrogen-bond acceptors (Lipinski definition) is 1. The van der Waals surface area contributed by atoms with Crippen molar-refractivity contribution in [3.8, 4) is 11.8 Å². The highest BCUT2D eigenvalue weighted by atomic mass is 19.1. The number of nitrogens with one attached hydrogen (secondary N) is 1. The second-order valence-electron chi connectivity index (χ2n) is 2.98. The number of hydrogen-bond donors (Lipinski definition) is 1. The molecule has 0 saturated heterocycles. The van der Waals surface area contributed by atoms with Gasteiger partial charge in [-0.15, -0.1) is 11.8 Å². The highest BCUT2D eigenvalue weighted by molar-refractivity contribution is 5.15. The summed E-state index contributed by atoms with van der Waals surface area (Å²) in [5, 5.41) is 3.19. The van der Waals surface area contributed by atoms with Crippen LogP contribution in [-0.2, 0) is 6.54 Å². The molecule has 0 heterocycles. The first-order valence-corrected chi connectivity index (χ1v) is 4.67. The Morgan fingerprint density at radius 3 is 3.00 bits per heavy atom. The summed E-state index contributed by atoms with van der Waals surface area (Å²) in [6, 6.07) is 6.62. The summed E-state index contributed by atoms with van der Waals surface area (Å²) >= 11 is 0. The zero-order valence-electron chi connectivity index (χ0n) is 8.31. The average molecular weight is 191 g/mol. The van der Waals surface area contributed by atoms with E-state index in [1.165, 1.54) is 6.07 Å². The molecule has 1 aromatic carbocycles. The molecule has 0 amide bonds. The maximum Gasteiger partial charge on any atom is 0.123 e. The minimum absolute atomic E-state index is 0.183. The average Bonchev–Trinajstić information content (AvgIpc) is 2.18. The third-order valence-corrected chi connectivity index (χ3v) is 1.82. The molecule has 74 valence electrons. The summed E-state index contributed by atoms with van der Waals surface area (Å²) in [7, 11) is 0. The van der Waals surface area contributed by atoms with Gasteiger partial charge in [0.2, 0.25) is 0 Å². The molecule has 0 radical (unpaired) electrons. The number of rotatable bonds is 4. The lowest BCUT2D eigenvalue weighted by molar-refractivity contribution is 0.621. The van der Waals surface area contributed by atoms with E-state index in [0.717, 1.165) is 18.5 Å². The molecule has 1 nitrogen and oxygen atoms in total. The topological polar surface area (TPSA) is 12.0 Å². The zero-order chi connectivity index (χ0) is 10.2. The van der Waals surface area contributed by atoms with E-state index in [4.69, 9.17) is 0 Å². The first-order chi connectivity index (χ1) is 6.83. The van der Waals surface area contributed by atoms with Crippen molar-refractivity contribution in [2.45, 2.75) is 19.9 Å². The van der Waals surface area contributed by atoms with Gasteiger partial charge in [-0.3, -0.25) is 0 Å². The van der Waals surface area contributed by atoms with Crippen molar-refractivity contribution in [2.75, 3.05) is 6.54 Å². The van der Waals surface area contributed by atoms with Gasteiger partial charge >= 0.3 is 0 Å². The summed E-state index contributed by atoms with van der Waals surface area (Å²) in [4.78, 5) is 0. The maximum atomic E-state index is 12.7. The second kappa shape index (κ2) is 6.17. The van der Waals surface area contributed by atoms with Crippen LogP contribution in [0.25, 0.3) is 0 Å². The Morgan fingerprint density at radius 2 is 2.29 bits per heavy atom. The van der Waals surface area contributed by atoms with Gasteiger partial charge < -0.3 is 5.32 Å². The number of benzene rings is 1. The molecular weight excluding hydrogens is 177 g/mol. The predicted octanol–water partition coefficient (Wildman–Crippen LogP) is 2.33. The van der Waals surface area contributed by atoms with E-state index in [2.05, 4.69) is 17.2 Å². The van der Waals surface area contributed by atoms with Crippen LogP contribution in [0.3, 0.4) is 0 Å². The summed E-state index contributed by atoms with van der Waals surface area (Å²) in [5.74, 6) is 5.60. The molecule has 0 saturated carbocycles. The van der Waals surface area contributed by atoms with Gasteiger partial charge in [-0.05, 0) is 24.6 Å². The van der Waals surface area contributed by atoms with Crippen molar-refractivity contribution in [3.05, 3.63) is 35.6 Å². The lowest BCUT2D eigenvalue weighted by Gasteiger charge is -2.02. The van der Waals surface area contributed by atoms with Crippen molar-refractivity contribution in [1.82, 2.24) is 5.32 Å². The van der Waals surface area contributed by atoms with E-state index in [0.29, 0.717) is 6.54 Å². The smallest absolute Gasteiger partial charge is 0.123 e. The summed E-state index contributed by atoms with van der Waals surface area (Å²) < 4.78 is 12.7. The molecule has 0 aromatic heterocycles. The Labute approximate surface area is 84.3 Å². The van der Waals surface area contributed by atoms with Crippen molar-refractivity contribution in [2.24, 2.45) is 0 Å². The third-order valence-electron chi connectivity index (χ3n) is 1.82. The minimum Gasteiger partial charge on any atom is -0.312 e. The molecule has 0 bridgehead atoms. The quantitative estimate of drug-likeness (QED) is 0.569. The van der Waals surface area contributed by atoms with Gasteiger partial charge in [0.1, 0.15) is 5.82 Å². The predicted molar refractivity (Wildman–Crippen MR) is 56.2 cm³/mol. The van der Waals surface area contributed by atoms with Gasteiger partial charge in [0.05, 0.1) is 0 Å². The van der Waals surface area contributed by atoms with Crippen LogP contribution in [0.1, 0.15) is 18.9 Å². The van der Waals surface area contributed by atoms with Gasteiger partial charge in [0, 0.05) is 19.5 Å². The van der Waals surface area contributed by atoms with Gasteiger partial charge in [0.25, 0.3) is 0 Å². The highest BCUT2D eigenvalue weighted by Crippen LogP contribution is 2.02. The minimum atomic E-state index is -0.183. The summed E-state index contributed by atoms with van der Waals surface area (Å²) in [5.41, 5.74) is 0.967. The van der Waals surface area contributed by atoms with E-state index in [-0.39, 0.29) is 5.82 Å². The van der Waals surface area contributed by atoms with Crippen molar-refractivity contribution in [1.29, 1.82) is 0 Å². The Morgan fingerprint density at radius 1 is 1.43 bits per heavy atom. The molecule has 1 rings (SSSR count). The fourth-order valence-corrected chi connectivity index (χ4v) is 1.16. The molecule has 0 aliphatic rings. The van der Waals surface area contributed by atoms with Crippen molar-refractivity contribution < 1.29 is 4.39 Å². The van der Waals surface area contributed by atoms with Crippen LogP contribution in [0.2, 0.25) is 0 Å². The largest absolute Gasteiger partial charge is 0.312 e. The molecule has 0 fully saturated rings. The standard InChI is InChI=1S/C12H14FN/c1-2-3-4-8-14-10-11-6-5-7-12(13)9-11/h5-7,9,14H,4,8,10H2,1H3. The van der Waals surface area contributed by atoms with Gasteiger partial charge in [0.15, 0.2) is 0 Å². The fourth-order valence-electron chi connectivity index (χ4n) is 1.16. The van der Waals surface area contributed by atoms with E-state index in [1.54, 1.807) is 12.1 Å². The molecule has 0 aliphatic carbocycles. The van der Waals surface area contributed by atoms with Crippen molar-refractivity contribution >= 4 is 0 Å². The molecule has 0 aliphatic heterocycles. The molecule has 2 heteroatoms. The Kier molecular flexibility index (Phi) is 4.74. The lowest BCUT2D eigenvalue weighted by atomic mass is 10.2. The molecule has 0 spiro atoms. The van der Waals surface area contributed by atoms with Crippen LogP contribution in [0.5, 0.6) is 0 Å². The Bertz CT molecular complexity index is 336. The maximum absolute atomic E-state index is 12.7. The van der Waals surface area contributed by atoms with E-state index >= 15 is 0 Å². The van der Waals surface area contributed by atoms with Crippen molar-refractivity contribution in [3.63, 3.8) is 0 Å². The molecular formula is C12H14FN. The zero-order valence-corrected chi connectivity index (χ0v) is 8.31. The van der Waals surface area contributed by atoms with E-state index in [9.17, 15) is 4.39 Å². The monoisotopic (exact) mass is 191 g/mol. The van der Waals surface area contributed by atoms with Gasteiger partial charge in [-0.25, -0.2) is 4.39 Å². The summed E-state index contributed by atoms with van der Waals surface area (Å²) in [6.07, 6.45) is 0.839. The fraction of sp³-hybridized carbons (Fsp3) is 0.333. The van der Waals surface area contributed by atoms with Crippen LogP contribution in [-0.4, -0.2) is 6.54 Å². The third kappa shape index (κ3) is 4.06. The van der Waals surface area contributed by atoms with Crippen LogP contribution >= 0.6 is 0 Å². The summed E-state index contributed by atoms with van der Waals surface area (Å²) in [6.45, 7) is 3.37. The first kappa shape index (κ1) is 10.7. The normalized spacial score (nSPS) is 9.29. The lowest BCUT2D eigenvalue weighted by Crippen LogP contribution is -2.14. The molecule has 14 heavy (non-hydrogen) atoms. The van der Waals surface area contributed by atoms with Crippen LogP contribution in [0.15, 0.2) is 24.3 Å². The molecule has 0 unspecified atom stereocenters. The SMILES string of the molecule is CC#CCCNCc1cccc(F)c1. The van der Waals surface area contributed by atoms with E-state index in [1.807, 2.05) is 13.0 Å². The molecule has 1 N–H and O–H groups in total. The molecule has 1 aromatic rings. The van der Waals surface area contributed by atoms with E-state index < -0.39 is 0 Å². The highest BCUT2D eigenvalue weighted by Gasteiger charge is 1.93. The van der Waals surface area contributed by atoms with Crippen LogP contribution < -0.4 is 5.32 Å². The van der Waals surface area contributed by atoms with Crippen LogP contribution in [0.4, 0.5) is 4.39 Å². The van der Waals surface area contributed by atoms with Gasteiger partial charge in [-0.2, -0.15) is 0 Å². The van der Waals surface area contributed by atoms with Gasteiger partial charge in [-0.1, -0.05) is 12.1 Å². The molecule has 0 atom stereocenters. The first-order valence-electron chi connectivity index (χ1n) is 4.67. The Hall–Kier alpha value is -1.33. The van der Waals surface area contributed by atoms with Crippen LogP contribution in [0, 0.1) is 17.7 Å².